The fourth-order valence-corrected chi connectivity index (χ4v) is 3.90. The van der Waals surface area contributed by atoms with Crippen LogP contribution in [0.3, 0.4) is 0 Å². The third-order valence-corrected chi connectivity index (χ3v) is 5.42. The molecule has 1 aliphatic rings. The zero-order valence-electron chi connectivity index (χ0n) is 14.1. The predicted octanol–water partition coefficient (Wildman–Crippen LogP) is 1.62. The maximum absolute atomic E-state index is 12.7. The molecule has 1 unspecified atom stereocenters. The van der Waals surface area contributed by atoms with Crippen LogP contribution < -0.4 is 15.8 Å². The Balaban J connectivity index is 1.96. The molecular formula is C16H22N4O3S. The van der Waals surface area contributed by atoms with Crippen LogP contribution in [0.2, 0.25) is 0 Å². The maximum Gasteiger partial charge on any atom is 0.261 e. The molecule has 0 saturated heterocycles. The molecule has 2 heterocycles. The quantitative estimate of drug-likeness (QED) is 0.787. The first-order valence-electron chi connectivity index (χ1n) is 7.92. The molecule has 0 radical (unpaired) electrons. The van der Waals surface area contributed by atoms with E-state index < -0.39 is 0 Å². The van der Waals surface area contributed by atoms with E-state index in [0.29, 0.717) is 35.7 Å². The van der Waals surface area contributed by atoms with Gasteiger partial charge in [0.2, 0.25) is 5.88 Å². The molecule has 1 saturated carbocycles. The predicted molar refractivity (Wildman–Crippen MR) is 92.4 cm³/mol. The number of amides is 1. The van der Waals surface area contributed by atoms with E-state index in [1.165, 1.54) is 11.3 Å². The van der Waals surface area contributed by atoms with E-state index >= 15 is 0 Å². The molecule has 1 atom stereocenters. The van der Waals surface area contributed by atoms with Gasteiger partial charge >= 0.3 is 0 Å². The van der Waals surface area contributed by atoms with Crippen LogP contribution in [0.25, 0.3) is 10.2 Å². The fraction of sp³-hybridized carbons (Fsp3) is 0.562. The molecular weight excluding hydrogens is 328 g/mol. The smallest absolute Gasteiger partial charge is 0.261 e. The summed E-state index contributed by atoms with van der Waals surface area (Å²) in [5.41, 5.74) is 6.62. The first kappa shape index (κ1) is 17.1. The molecule has 0 spiro atoms. The lowest BCUT2D eigenvalue weighted by molar-refractivity contribution is 0.0937. The zero-order valence-corrected chi connectivity index (χ0v) is 14.9. The second-order valence-electron chi connectivity index (χ2n) is 5.97. The summed E-state index contributed by atoms with van der Waals surface area (Å²) in [5, 5.41) is 3.84. The van der Waals surface area contributed by atoms with Crippen LogP contribution in [0.15, 0.2) is 0 Å². The Bertz CT molecular complexity index is 757. The molecule has 1 aliphatic carbocycles. The lowest BCUT2D eigenvalue weighted by Gasteiger charge is -2.15. The van der Waals surface area contributed by atoms with Crippen LogP contribution in [0.5, 0.6) is 5.88 Å². The van der Waals surface area contributed by atoms with E-state index in [-0.39, 0.29) is 11.9 Å². The van der Waals surface area contributed by atoms with Gasteiger partial charge in [0, 0.05) is 19.7 Å². The summed E-state index contributed by atoms with van der Waals surface area (Å²) in [6, 6.07) is 0.0409. The number of aromatic nitrogens is 2. The Morgan fingerprint density at radius 2 is 2.17 bits per heavy atom. The highest BCUT2D eigenvalue weighted by Gasteiger charge is 2.32. The third-order valence-electron chi connectivity index (χ3n) is 4.24. The molecule has 1 fully saturated rings. The molecule has 7 nitrogen and oxygen atoms in total. The van der Waals surface area contributed by atoms with E-state index in [1.807, 2.05) is 6.92 Å². The van der Waals surface area contributed by atoms with E-state index in [2.05, 4.69) is 15.3 Å². The highest BCUT2D eigenvalue weighted by molar-refractivity contribution is 7.20. The Hall–Kier alpha value is -1.77. The van der Waals surface area contributed by atoms with Crippen molar-refractivity contribution in [2.75, 3.05) is 20.8 Å². The number of hydrogen-bond donors (Lipinski definition) is 2. The van der Waals surface area contributed by atoms with Gasteiger partial charge in [0.25, 0.3) is 5.91 Å². The molecule has 0 bridgehead atoms. The van der Waals surface area contributed by atoms with Crippen molar-refractivity contribution >= 4 is 27.5 Å². The molecule has 130 valence electrons. The van der Waals surface area contributed by atoms with Crippen molar-refractivity contribution in [2.24, 2.45) is 11.7 Å². The number of ether oxygens (including phenoxy) is 2. The number of nitrogens with one attached hydrogen (secondary N) is 1. The molecule has 2 aromatic heterocycles. The fourth-order valence-electron chi connectivity index (χ4n) is 2.80. The van der Waals surface area contributed by atoms with Crippen LogP contribution >= 0.6 is 11.3 Å². The second kappa shape index (κ2) is 7.00. The van der Waals surface area contributed by atoms with Gasteiger partial charge in [-0.2, -0.15) is 4.98 Å². The van der Waals surface area contributed by atoms with Crippen molar-refractivity contribution in [1.82, 2.24) is 15.3 Å². The minimum absolute atomic E-state index is 0.0409. The van der Waals surface area contributed by atoms with Crippen LogP contribution in [-0.4, -0.2) is 42.7 Å². The summed E-state index contributed by atoms with van der Waals surface area (Å²) in [5.74, 6) is 1.41. The van der Waals surface area contributed by atoms with Gasteiger partial charge in [-0.1, -0.05) is 0 Å². The minimum atomic E-state index is -0.104. The van der Waals surface area contributed by atoms with Gasteiger partial charge in [-0.05, 0) is 31.2 Å². The van der Waals surface area contributed by atoms with Crippen LogP contribution in [0.4, 0.5) is 0 Å². The molecule has 8 heteroatoms. The van der Waals surface area contributed by atoms with Crippen molar-refractivity contribution in [3.05, 3.63) is 16.3 Å². The minimum Gasteiger partial charge on any atom is -0.480 e. The topological polar surface area (TPSA) is 99.4 Å². The number of methoxy groups -OCH3 is 2. The monoisotopic (exact) mass is 350 g/mol. The Morgan fingerprint density at radius 3 is 2.75 bits per heavy atom. The van der Waals surface area contributed by atoms with E-state index in [0.717, 1.165) is 28.6 Å². The lowest BCUT2D eigenvalue weighted by Crippen LogP contribution is -2.41. The van der Waals surface area contributed by atoms with Crippen LogP contribution in [-0.2, 0) is 11.3 Å². The first-order chi connectivity index (χ1) is 11.6. The summed E-state index contributed by atoms with van der Waals surface area (Å²) >= 11 is 1.35. The van der Waals surface area contributed by atoms with Gasteiger partial charge in [0.15, 0.2) is 5.82 Å². The molecule has 0 aromatic carbocycles. The number of nitrogens with two attached hydrogens (primary N) is 1. The molecule has 0 aliphatic heterocycles. The Labute approximate surface area is 144 Å². The largest absolute Gasteiger partial charge is 0.480 e. The number of nitrogens with zero attached hydrogens (tertiary/aromatic N) is 2. The zero-order chi connectivity index (χ0) is 17.3. The van der Waals surface area contributed by atoms with Crippen molar-refractivity contribution in [3.63, 3.8) is 0 Å². The van der Waals surface area contributed by atoms with Gasteiger partial charge < -0.3 is 20.5 Å². The Kier molecular flexibility index (Phi) is 4.98. The molecule has 1 amide bonds. The molecule has 24 heavy (non-hydrogen) atoms. The summed E-state index contributed by atoms with van der Waals surface area (Å²) < 4.78 is 10.5. The SMILES string of the molecule is COCc1nc(OC)c2c(C)c(C(=O)NC(CN)C3CC3)sc2n1. The summed E-state index contributed by atoms with van der Waals surface area (Å²) in [6.07, 6.45) is 2.26. The van der Waals surface area contributed by atoms with Gasteiger partial charge in [0.05, 0.1) is 17.4 Å². The Morgan fingerprint density at radius 1 is 1.42 bits per heavy atom. The van der Waals surface area contributed by atoms with Crippen LogP contribution in [0, 0.1) is 12.8 Å². The summed E-state index contributed by atoms with van der Waals surface area (Å²) in [6.45, 7) is 2.65. The summed E-state index contributed by atoms with van der Waals surface area (Å²) in [4.78, 5) is 22.9. The van der Waals surface area contributed by atoms with E-state index in [1.54, 1.807) is 14.2 Å². The van der Waals surface area contributed by atoms with Crippen molar-refractivity contribution in [2.45, 2.75) is 32.4 Å². The number of rotatable bonds is 7. The van der Waals surface area contributed by atoms with Gasteiger partial charge in [-0.3, -0.25) is 4.79 Å². The number of carbonyl (C=O) groups is 1. The number of thiophene rings is 1. The number of hydrogen-bond acceptors (Lipinski definition) is 7. The molecule has 3 rings (SSSR count). The van der Waals surface area contributed by atoms with Crippen molar-refractivity contribution < 1.29 is 14.3 Å². The van der Waals surface area contributed by atoms with E-state index in [4.69, 9.17) is 15.2 Å². The van der Waals surface area contributed by atoms with Gasteiger partial charge in [-0.25, -0.2) is 4.98 Å². The second-order valence-corrected chi connectivity index (χ2v) is 6.97. The number of fused-ring (bicyclic) bond motifs is 1. The molecule has 2 aromatic rings. The first-order valence-corrected chi connectivity index (χ1v) is 8.74. The average molecular weight is 350 g/mol. The highest BCUT2D eigenvalue weighted by atomic mass is 32.1. The van der Waals surface area contributed by atoms with Gasteiger partial charge in [0.1, 0.15) is 11.4 Å². The van der Waals surface area contributed by atoms with Crippen molar-refractivity contribution in [3.8, 4) is 5.88 Å². The van der Waals surface area contributed by atoms with Crippen LogP contribution in [0.1, 0.15) is 33.9 Å². The van der Waals surface area contributed by atoms with Crippen molar-refractivity contribution in [1.29, 1.82) is 0 Å². The maximum atomic E-state index is 12.7. The summed E-state index contributed by atoms with van der Waals surface area (Å²) in [7, 11) is 3.15. The standard InChI is InChI=1S/C16H22N4O3S/c1-8-12-15(23-3)19-11(7-22-2)20-16(12)24-13(8)14(21)18-10(6-17)9-4-5-9/h9-10H,4-7,17H2,1-3H3,(H,18,21). The number of carbonyl (C=O) groups excluding carboxylic acids is 1. The average Bonchev–Trinajstić information content (AvgIpc) is 3.36. The van der Waals surface area contributed by atoms with Gasteiger partial charge in [-0.15, -0.1) is 11.3 Å². The van der Waals surface area contributed by atoms with E-state index in [9.17, 15) is 4.79 Å². The third kappa shape index (κ3) is 3.22. The normalized spacial score (nSPS) is 15.5. The lowest BCUT2D eigenvalue weighted by atomic mass is 10.1. The highest BCUT2D eigenvalue weighted by Crippen LogP contribution is 2.36. The molecule has 3 N–H and O–H groups in total. The number of aryl methyl sites for hydroxylation is 1.